The van der Waals surface area contributed by atoms with E-state index in [4.69, 9.17) is 9.94 Å². The van der Waals surface area contributed by atoms with E-state index >= 15 is 0 Å². The van der Waals surface area contributed by atoms with Crippen LogP contribution in [0.1, 0.15) is 12.8 Å². The minimum Gasteiger partial charge on any atom is -0.507 e. The lowest BCUT2D eigenvalue weighted by atomic mass is 10.3. The lowest BCUT2D eigenvalue weighted by Crippen LogP contribution is -2.25. The Morgan fingerprint density at radius 2 is 1.86 bits per heavy atom. The minimum atomic E-state index is -3.87. The molecule has 29 heavy (non-hydrogen) atoms. The highest BCUT2D eigenvalue weighted by Crippen LogP contribution is 2.40. The van der Waals surface area contributed by atoms with Gasteiger partial charge >= 0.3 is 0 Å². The van der Waals surface area contributed by atoms with Crippen LogP contribution in [0, 0.1) is 0 Å². The zero-order valence-electron chi connectivity index (χ0n) is 14.6. The van der Waals surface area contributed by atoms with Crippen LogP contribution >= 0.6 is 31.9 Å². The van der Waals surface area contributed by atoms with Crippen LogP contribution in [0.3, 0.4) is 0 Å². The van der Waals surface area contributed by atoms with Crippen molar-refractivity contribution >= 4 is 59.7 Å². The largest absolute Gasteiger partial charge is 0.507 e. The third-order valence-corrected chi connectivity index (χ3v) is 6.51. The molecule has 0 heterocycles. The molecule has 2 aromatic rings. The molecule has 4 N–H and O–H groups in total. The number of nitrogens with zero attached hydrogens (tertiary/aromatic N) is 1. The van der Waals surface area contributed by atoms with Crippen LogP contribution < -0.4 is 14.8 Å². The molecule has 12 heteroatoms. The van der Waals surface area contributed by atoms with Gasteiger partial charge in [-0.2, -0.15) is 0 Å². The van der Waals surface area contributed by atoms with Crippen LogP contribution in [0.4, 0.5) is 5.69 Å². The number of nitrogens with one attached hydrogen (secondary N) is 2. The Balaban J connectivity index is 1.86. The number of rotatable bonds is 7. The van der Waals surface area contributed by atoms with Gasteiger partial charge in [-0.25, -0.2) is 13.1 Å². The quantitative estimate of drug-likeness (QED) is 0.237. The van der Waals surface area contributed by atoms with E-state index < -0.39 is 15.9 Å². The number of anilines is 1. The van der Waals surface area contributed by atoms with Crippen LogP contribution in [0.15, 0.2) is 49.3 Å². The van der Waals surface area contributed by atoms with E-state index in [0.717, 1.165) is 12.8 Å². The first-order valence-electron chi connectivity index (χ1n) is 8.20. The summed E-state index contributed by atoms with van der Waals surface area (Å²) >= 11 is 6.66. The van der Waals surface area contributed by atoms with Crippen molar-refractivity contribution in [2.24, 2.45) is 5.16 Å². The van der Waals surface area contributed by atoms with Crippen LogP contribution in [0.25, 0.3) is 0 Å². The van der Waals surface area contributed by atoms with Crippen molar-refractivity contribution in [2.45, 2.75) is 23.8 Å². The van der Waals surface area contributed by atoms with Gasteiger partial charge in [0.2, 0.25) is 10.0 Å². The minimum absolute atomic E-state index is 0.106. The molecule has 0 spiro atoms. The highest BCUT2D eigenvalue weighted by Gasteiger charge is 2.30. The van der Waals surface area contributed by atoms with E-state index in [-0.39, 0.29) is 22.4 Å². The SMILES string of the molecule is O=C(/C=N/O)Nc1cc(Br)c(Oc2ccc(O)c(S(=O)(=O)NC3CC3)c2)c(Br)c1. The van der Waals surface area contributed by atoms with Crippen molar-refractivity contribution in [3.05, 3.63) is 39.3 Å². The smallest absolute Gasteiger partial charge is 0.270 e. The number of amides is 1. The summed E-state index contributed by atoms with van der Waals surface area (Å²) in [5.41, 5.74) is 0.392. The van der Waals surface area contributed by atoms with Crippen molar-refractivity contribution in [3.8, 4) is 17.2 Å². The van der Waals surface area contributed by atoms with Crippen LogP contribution in [-0.4, -0.2) is 36.9 Å². The van der Waals surface area contributed by atoms with Gasteiger partial charge in [-0.1, -0.05) is 5.16 Å². The van der Waals surface area contributed by atoms with E-state index in [1.54, 1.807) is 12.1 Å². The third-order valence-electron chi connectivity index (χ3n) is 3.78. The normalized spacial score (nSPS) is 14.1. The summed E-state index contributed by atoms with van der Waals surface area (Å²) in [7, 11) is -3.87. The molecule has 0 aliphatic heterocycles. The fraction of sp³-hybridized carbons (Fsp3) is 0.176. The van der Waals surface area contributed by atoms with E-state index in [9.17, 15) is 18.3 Å². The van der Waals surface area contributed by atoms with E-state index in [2.05, 4.69) is 47.1 Å². The van der Waals surface area contributed by atoms with E-state index in [1.165, 1.54) is 18.2 Å². The van der Waals surface area contributed by atoms with Crippen molar-refractivity contribution in [2.75, 3.05) is 5.32 Å². The number of hydrogen-bond donors (Lipinski definition) is 4. The first-order chi connectivity index (χ1) is 13.7. The van der Waals surface area contributed by atoms with Gasteiger partial charge in [-0.3, -0.25) is 4.79 Å². The number of phenols is 1. The number of hydrogen-bond acceptors (Lipinski definition) is 7. The Morgan fingerprint density at radius 1 is 1.21 bits per heavy atom. The first kappa shape index (κ1) is 21.6. The Kier molecular flexibility index (Phi) is 6.46. The third kappa shape index (κ3) is 5.47. The van der Waals surface area contributed by atoms with Crippen LogP contribution in [0.2, 0.25) is 0 Å². The molecule has 1 saturated carbocycles. The molecule has 0 saturated heterocycles. The number of halogens is 2. The summed E-state index contributed by atoms with van der Waals surface area (Å²) in [6.07, 6.45) is 2.24. The van der Waals surface area contributed by atoms with Crippen molar-refractivity contribution in [1.82, 2.24) is 4.72 Å². The van der Waals surface area contributed by atoms with Gasteiger partial charge in [-0.15, -0.1) is 0 Å². The van der Waals surface area contributed by atoms with E-state index in [1.807, 2.05) is 0 Å². The second-order valence-corrected chi connectivity index (χ2v) is 9.52. The van der Waals surface area contributed by atoms with Gasteiger partial charge in [0, 0.05) is 17.8 Å². The molecule has 3 rings (SSSR count). The molecule has 1 aliphatic rings. The molecular formula is C17H15Br2N3O6S. The summed E-state index contributed by atoms with van der Waals surface area (Å²) in [5.74, 6) is -0.503. The van der Waals surface area contributed by atoms with E-state index in [0.29, 0.717) is 26.6 Å². The lowest BCUT2D eigenvalue weighted by Gasteiger charge is -2.14. The molecular weight excluding hydrogens is 534 g/mol. The van der Waals surface area contributed by atoms with Gasteiger partial charge < -0.3 is 20.4 Å². The summed E-state index contributed by atoms with van der Waals surface area (Å²) in [6.45, 7) is 0. The number of aromatic hydroxyl groups is 1. The summed E-state index contributed by atoms with van der Waals surface area (Å²) in [5, 5.41) is 23.5. The first-order valence-corrected chi connectivity index (χ1v) is 11.3. The Bertz CT molecular complexity index is 1060. The monoisotopic (exact) mass is 547 g/mol. The predicted octanol–water partition coefficient (Wildman–Crippen LogP) is 3.55. The molecule has 2 aromatic carbocycles. The van der Waals surface area contributed by atoms with Crippen molar-refractivity contribution < 1.29 is 28.3 Å². The van der Waals surface area contributed by atoms with Gasteiger partial charge in [-0.05, 0) is 69.0 Å². The highest BCUT2D eigenvalue weighted by atomic mass is 79.9. The highest BCUT2D eigenvalue weighted by molar-refractivity contribution is 9.11. The van der Waals surface area contributed by atoms with Crippen molar-refractivity contribution in [3.63, 3.8) is 0 Å². The zero-order chi connectivity index (χ0) is 21.2. The number of oxime groups is 1. The molecule has 0 bridgehead atoms. The van der Waals surface area contributed by atoms with Gasteiger partial charge in [0.25, 0.3) is 5.91 Å². The number of phenolic OH excluding ortho intramolecular Hbond substituents is 1. The van der Waals surface area contributed by atoms with Gasteiger partial charge in [0.05, 0.1) is 8.95 Å². The number of sulfonamides is 1. The summed E-state index contributed by atoms with van der Waals surface area (Å²) < 4.78 is 34.1. The average molecular weight is 549 g/mol. The fourth-order valence-corrected chi connectivity index (χ4v) is 5.10. The fourth-order valence-electron chi connectivity index (χ4n) is 2.33. The topological polar surface area (TPSA) is 137 Å². The second-order valence-electron chi connectivity index (χ2n) is 6.13. The zero-order valence-corrected chi connectivity index (χ0v) is 18.6. The average Bonchev–Trinajstić information content (AvgIpc) is 3.42. The number of benzene rings is 2. The lowest BCUT2D eigenvalue weighted by molar-refractivity contribution is -0.110. The van der Waals surface area contributed by atoms with Gasteiger partial charge in [0.1, 0.15) is 22.6 Å². The Labute approximate surface area is 183 Å². The standard InChI is InChI=1S/C17H15Br2N3O6S/c18-12-5-10(21-16(24)8-20-25)6-13(19)17(12)28-11-3-4-14(23)15(7-11)29(26,27)22-9-1-2-9/h3-9,22-23,25H,1-2H2,(H,21,24)/b20-8+. The van der Waals surface area contributed by atoms with Crippen LogP contribution in [0.5, 0.6) is 17.2 Å². The molecule has 1 amide bonds. The molecule has 9 nitrogen and oxygen atoms in total. The molecule has 1 aliphatic carbocycles. The van der Waals surface area contributed by atoms with Crippen molar-refractivity contribution in [1.29, 1.82) is 0 Å². The molecule has 0 aromatic heterocycles. The Morgan fingerprint density at radius 3 is 2.45 bits per heavy atom. The molecule has 0 radical (unpaired) electrons. The molecule has 1 fully saturated rings. The predicted molar refractivity (Wildman–Crippen MR) is 112 cm³/mol. The number of carbonyl (C=O) groups is 1. The number of carbonyl (C=O) groups excluding carboxylic acids is 1. The Hall–Kier alpha value is -2.15. The molecule has 0 atom stereocenters. The molecule has 0 unspecified atom stereocenters. The maximum Gasteiger partial charge on any atom is 0.270 e. The summed E-state index contributed by atoms with van der Waals surface area (Å²) in [6, 6.07) is 6.89. The van der Waals surface area contributed by atoms with Gasteiger partial charge in [0.15, 0.2) is 5.75 Å². The maximum absolute atomic E-state index is 12.4. The molecule has 154 valence electrons. The second kappa shape index (κ2) is 8.69. The maximum atomic E-state index is 12.4. The summed E-state index contributed by atoms with van der Waals surface area (Å²) in [4.78, 5) is 11.2. The van der Waals surface area contributed by atoms with Crippen LogP contribution in [-0.2, 0) is 14.8 Å². The number of ether oxygens (including phenoxy) is 1.